The molecule has 0 unspecified atom stereocenters. The fourth-order valence-corrected chi connectivity index (χ4v) is 2.55. The van der Waals surface area contributed by atoms with Gasteiger partial charge in [-0.3, -0.25) is 0 Å². The normalized spacial score (nSPS) is 17.8. The van der Waals surface area contributed by atoms with Crippen LogP contribution in [0.5, 0.6) is 0 Å². The Bertz CT molecular complexity index is 359. The molecule has 2 rings (SSSR count). The first-order valence-corrected chi connectivity index (χ1v) is 6.82. The van der Waals surface area contributed by atoms with Crippen LogP contribution in [0, 0.1) is 11.7 Å². The molecule has 94 valence electrons. The largest absolute Gasteiger partial charge is 0.385 e. The van der Waals surface area contributed by atoms with Crippen molar-refractivity contribution in [1.29, 1.82) is 0 Å². The molecule has 0 bridgehead atoms. The quantitative estimate of drug-likeness (QED) is 0.761. The first-order chi connectivity index (χ1) is 8.25. The van der Waals surface area contributed by atoms with Gasteiger partial charge in [0, 0.05) is 12.2 Å². The molecule has 1 nitrogen and oxygen atoms in total. The lowest BCUT2D eigenvalue weighted by atomic mass is 10.0. The molecule has 1 N–H and O–H groups in total. The average Bonchev–Trinajstić information content (AvgIpc) is 2.59. The highest BCUT2D eigenvalue weighted by Gasteiger charge is 2.12. The lowest BCUT2D eigenvalue weighted by Crippen LogP contribution is -2.13. The molecule has 0 spiro atoms. The monoisotopic (exact) mass is 255 g/mol. The Hall–Kier alpha value is -0.760. The maximum atomic E-state index is 13.2. The molecule has 0 amide bonds. The van der Waals surface area contributed by atoms with E-state index in [9.17, 15) is 4.39 Å². The molecule has 1 aromatic carbocycles. The van der Waals surface area contributed by atoms with Gasteiger partial charge in [-0.25, -0.2) is 4.39 Å². The lowest BCUT2D eigenvalue weighted by molar-refractivity contribution is 0.483. The van der Waals surface area contributed by atoms with Gasteiger partial charge in [0.1, 0.15) is 5.82 Å². The van der Waals surface area contributed by atoms with Crippen molar-refractivity contribution in [2.24, 2.45) is 5.92 Å². The minimum Gasteiger partial charge on any atom is -0.385 e. The van der Waals surface area contributed by atoms with Crippen LogP contribution in [-0.4, -0.2) is 6.54 Å². The van der Waals surface area contributed by atoms with Crippen LogP contribution < -0.4 is 5.32 Å². The lowest BCUT2D eigenvalue weighted by Gasteiger charge is -2.15. The van der Waals surface area contributed by atoms with Gasteiger partial charge in [0.05, 0.1) is 5.02 Å². The third-order valence-electron chi connectivity index (χ3n) is 3.49. The number of hydrogen-bond acceptors (Lipinski definition) is 1. The van der Waals surface area contributed by atoms with E-state index in [1.807, 2.05) is 6.07 Å². The second-order valence-electron chi connectivity index (χ2n) is 4.87. The summed E-state index contributed by atoms with van der Waals surface area (Å²) in [6, 6.07) is 4.91. The summed E-state index contributed by atoms with van der Waals surface area (Å²) < 4.78 is 13.2. The summed E-state index contributed by atoms with van der Waals surface area (Å²) in [5.74, 6) is 0.383. The van der Waals surface area contributed by atoms with Crippen molar-refractivity contribution < 1.29 is 4.39 Å². The second kappa shape index (κ2) is 6.25. The van der Waals surface area contributed by atoms with Crippen molar-refractivity contribution in [3.63, 3.8) is 0 Å². The molecule has 1 aliphatic rings. The number of rotatable bonds is 3. The Morgan fingerprint density at radius 3 is 2.53 bits per heavy atom. The van der Waals surface area contributed by atoms with Crippen molar-refractivity contribution in [3.05, 3.63) is 29.0 Å². The molecular formula is C14H19ClFN. The van der Waals surface area contributed by atoms with Gasteiger partial charge in [0.15, 0.2) is 0 Å². The number of hydrogen-bond donors (Lipinski definition) is 1. The second-order valence-corrected chi connectivity index (χ2v) is 5.27. The van der Waals surface area contributed by atoms with E-state index in [2.05, 4.69) is 5.32 Å². The van der Waals surface area contributed by atoms with Crippen molar-refractivity contribution >= 4 is 17.3 Å². The van der Waals surface area contributed by atoms with Crippen LogP contribution in [0.25, 0.3) is 0 Å². The zero-order valence-electron chi connectivity index (χ0n) is 10.0. The molecular weight excluding hydrogens is 237 g/mol. The van der Waals surface area contributed by atoms with E-state index >= 15 is 0 Å². The molecule has 17 heavy (non-hydrogen) atoms. The van der Waals surface area contributed by atoms with Crippen molar-refractivity contribution in [2.45, 2.75) is 38.5 Å². The molecule has 0 atom stereocenters. The van der Waals surface area contributed by atoms with E-state index in [-0.39, 0.29) is 10.8 Å². The first kappa shape index (κ1) is 12.7. The van der Waals surface area contributed by atoms with Crippen molar-refractivity contribution in [2.75, 3.05) is 11.9 Å². The summed E-state index contributed by atoms with van der Waals surface area (Å²) in [5, 5.41) is 3.50. The molecule has 0 aliphatic heterocycles. The zero-order chi connectivity index (χ0) is 12.1. The molecule has 1 saturated carbocycles. The Morgan fingerprint density at radius 1 is 1.18 bits per heavy atom. The predicted molar refractivity (Wildman–Crippen MR) is 71.1 cm³/mol. The summed E-state index contributed by atoms with van der Waals surface area (Å²) in [4.78, 5) is 0. The zero-order valence-corrected chi connectivity index (χ0v) is 10.8. The fourth-order valence-electron chi connectivity index (χ4n) is 2.44. The maximum Gasteiger partial charge on any atom is 0.143 e. The van der Waals surface area contributed by atoms with E-state index in [4.69, 9.17) is 11.6 Å². The number of halogens is 2. The van der Waals surface area contributed by atoms with Crippen LogP contribution in [0.3, 0.4) is 0 Å². The Kier molecular flexibility index (Phi) is 4.66. The SMILES string of the molecule is Fc1cc(NCC2CCCCCC2)ccc1Cl. The van der Waals surface area contributed by atoms with Gasteiger partial charge in [-0.05, 0) is 37.0 Å². The fraction of sp³-hybridized carbons (Fsp3) is 0.571. The third kappa shape index (κ3) is 3.88. The summed E-state index contributed by atoms with van der Waals surface area (Å²) in [7, 11) is 0. The van der Waals surface area contributed by atoms with E-state index in [1.54, 1.807) is 6.07 Å². The van der Waals surface area contributed by atoms with Gasteiger partial charge in [0.2, 0.25) is 0 Å². The molecule has 0 heterocycles. The molecule has 1 aliphatic carbocycles. The standard InChI is InChI=1S/C14H19ClFN/c15-13-8-7-12(9-14(13)16)17-10-11-5-3-1-2-4-6-11/h7-9,11,17H,1-6,10H2. The van der Waals surface area contributed by atoms with Crippen LogP contribution in [0.4, 0.5) is 10.1 Å². The smallest absolute Gasteiger partial charge is 0.143 e. The highest BCUT2D eigenvalue weighted by Crippen LogP contribution is 2.24. The van der Waals surface area contributed by atoms with Crippen LogP contribution in [-0.2, 0) is 0 Å². The topological polar surface area (TPSA) is 12.0 Å². The van der Waals surface area contributed by atoms with Crippen LogP contribution in [0.2, 0.25) is 5.02 Å². The predicted octanol–water partition coefficient (Wildman–Crippen LogP) is 4.86. The molecule has 3 heteroatoms. The summed E-state index contributed by atoms with van der Waals surface area (Å²) in [6.45, 7) is 0.946. The van der Waals surface area contributed by atoms with E-state index in [0.717, 1.165) is 18.2 Å². The Labute approximate surface area is 107 Å². The van der Waals surface area contributed by atoms with Crippen LogP contribution in [0.1, 0.15) is 38.5 Å². The molecule has 0 saturated heterocycles. The van der Waals surface area contributed by atoms with Crippen LogP contribution in [0.15, 0.2) is 18.2 Å². The minimum absolute atomic E-state index is 0.185. The third-order valence-corrected chi connectivity index (χ3v) is 3.80. The molecule has 0 aromatic heterocycles. The minimum atomic E-state index is -0.350. The highest BCUT2D eigenvalue weighted by atomic mass is 35.5. The van der Waals surface area contributed by atoms with Gasteiger partial charge < -0.3 is 5.32 Å². The number of nitrogens with one attached hydrogen (secondary N) is 1. The van der Waals surface area contributed by atoms with E-state index in [1.165, 1.54) is 44.6 Å². The first-order valence-electron chi connectivity index (χ1n) is 6.44. The van der Waals surface area contributed by atoms with Gasteiger partial charge in [-0.15, -0.1) is 0 Å². The summed E-state index contributed by atoms with van der Waals surface area (Å²) in [5.41, 5.74) is 0.830. The Balaban J connectivity index is 1.85. The highest BCUT2D eigenvalue weighted by molar-refractivity contribution is 6.30. The summed E-state index contributed by atoms with van der Waals surface area (Å²) >= 11 is 5.65. The van der Waals surface area contributed by atoms with Crippen molar-refractivity contribution in [1.82, 2.24) is 0 Å². The molecule has 0 radical (unpaired) electrons. The Morgan fingerprint density at radius 2 is 1.88 bits per heavy atom. The van der Waals surface area contributed by atoms with Gasteiger partial charge in [-0.1, -0.05) is 37.3 Å². The molecule has 1 aromatic rings. The van der Waals surface area contributed by atoms with E-state index in [0.29, 0.717) is 0 Å². The van der Waals surface area contributed by atoms with Gasteiger partial charge >= 0.3 is 0 Å². The molecule has 1 fully saturated rings. The van der Waals surface area contributed by atoms with Crippen LogP contribution >= 0.6 is 11.6 Å². The maximum absolute atomic E-state index is 13.2. The van der Waals surface area contributed by atoms with Gasteiger partial charge in [0.25, 0.3) is 0 Å². The average molecular weight is 256 g/mol. The summed E-state index contributed by atoms with van der Waals surface area (Å²) in [6.07, 6.45) is 7.99. The number of benzene rings is 1. The number of anilines is 1. The van der Waals surface area contributed by atoms with Gasteiger partial charge in [-0.2, -0.15) is 0 Å². The van der Waals surface area contributed by atoms with Crippen molar-refractivity contribution in [3.8, 4) is 0 Å². The van der Waals surface area contributed by atoms with E-state index < -0.39 is 0 Å².